The van der Waals surface area contributed by atoms with Crippen molar-refractivity contribution in [3.63, 3.8) is 0 Å². The average Bonchev–Trinajstić information content (AvgIpc) is 2.83. The number of benzene rings is 1. The molecule has 0 spiro atoms. The van der Waals surface area contributed by atoms with Gasteiger partial charge in [-0.2, -0.15) is 0 Å². The maximum atomic E-state index is 13.1. The highest BCUT2D eigenvalue weighted by Gasteiger charge is 2.22. The van der Waals surface area contributed by atoms with Crippen molar-refractivity contribution in [2.75, 3.05) is 5.32 Å². The Balaban J connectivity index is 1.93. The van der Waals surface area contributed by atoms with Gasteiger partial charge in [-0.05, 0) is 17.7 Å². The molecule has 0 bridgehead atoms. The standard InChI is InChI=1S/C14H16FN3OS2/c1-14(2,3)11(19)16-12-17-18-13(21-12)20-8-9-5-4-6-10(15)7-9/h4-7H,8H2,1-3H3,(H,16,17,19). The molecular formula is C14H16FN3OS2. The van der Waals surface area contributed by atoms with Crippen LogP contribution in [0.1, 0.15) is 26.3 Å². The van der Waals surface area contributed by atoms with Crippen LogP contribution in [-0.4, -0.2) is 16.1 Å². The molecule has 1 aromatic heterocycles. The highest BCUT2D eigenvalue weighted by atomic mass is 32.2. The Morgan fingerprint density at radius 3 is 2.81 bits per heavy atom. The van der Waals surface area contributed by atoms with E-state index in [1.807, 2.05) is 26.8 Å². The largest absolute Gasteiger partial charge is 0.300 e. The molecular weight excluding hydrogens is 309 g/mol. The number of aromatic nitrogens is 2. The molecule has 0 aliphatic heterocycles. The van der Waals surface area contributed by atoms with Crippen LogP contribution in [0.25, 0.3) is 0 Å². The first-order chi connectivity index (χ1) is 9.84. The van der Waals surface area contributed by atoms with Crippen LogP contribution in [-0.2, 0) is 10.5 Å². The normalized spacial score (nSPS) is 11.4. The lowest BCUT2D eigenvalue weighted by Gasteiger charge is -2.15. The number of nitrogens with one attached hydrogen (secondary N) is 1. The lowest BCUT2D eigenvalue weighted by atomic mass is 9.96. The smallest absolute Gasteiger partial charge is 0.231 e. The maximum absolute atomic E-state index is 13.1. The van der Waals surface area contributed by atoms with Gasteiger partial charge in [0.25, 0.3) is 0 Å². The van der Waals surface area contributed by atoms with E-state index in [0.29, 0.717) is 10.9 Å². The SMILES string of the molecule is CC(C)(C)C(=O)Nc1nnc(SCc2cccc(F)c2)s1. The van der Waals surface area contributed by atoms with Crippen molar-refractivity contribution >= 4 is 34.1 Å². The number of carbonyl (C=O) groups is 1. The summed E-state index contributed by atoms with van der Waals surface area (Å²) >= 11 is 2.78. The van der Waals surface area contributed by atoms with E-state index >= 15 is 0 Å². The quantitative estimate of drug-likeness (QED) is 0.683. The Bertz CT molecular complexity index is 637. The fourth-order valence-corrected chi connectivity index (χ4v) is 3.07. The van der Waals surface area contributed by atoms with Gasteiger partial charge in [0.15, 0.2) is 4.34 Å². The van der Waals surface area contributed by atoms with E-state index in [9.17, 15) is 9.18 Å². The van der Waals surface area contributed by atoms with E-state index in [2.05, 4.69) is 15.5 Å². The van der Waals surface area contributed by atoms with E-state index in [1.165, 1.54) is 35.2 Å². The summed E-state index contributed by atoms with van der Waals surface area (Å²) < 4.78 is 13.8. The third-order valence-electron chi connectivity index (χ3n) is 2.56. The number of hydrogen-bond acceptors (Lipinski definition) is 5. The molecule has 0 fully saturated rings. The second-order valence-electron chi connectivity index (χ2n) is 5.50. The van der Waals surface area contributed by atoms with Gasteiger partial charge in [-0.15, -0.1) is 10.2 Å². The van der Waals surface area contributed by atoms with Gasteiger partial charge in [-0.1, -0.05) is 56.0 Å². The molecule has 112 valence electrons. The minimum Gasteiger partial charge on any atom is -0.300 e. The van der Waals surface area contributed by atoms with Crippen LogP contribution < -0.4 is 5.32 Å². The lowest BCUT2D eigenvalue weighted by Crippen LogP contribution is -2.27. The van der Waals surface area contributed by atoms with Crippen molar-refractivity contribution in [3.05, 3.63) is 35.6 Å². The molecule has 0 radical (unpaired) electrons. The summed E-state index contributed by atoms with van der Waals surface area (Å²) in [4.78, 5) is 11.8. The Hall–Kier alpha value is -1.47. The zero-order valence-corrected chi connectivity index (χ0v) is 13.6. The van der Waals surface area contributed by atoms with Crippen LogP contribution in [0.4, 0.5) is 9.52 Å². The number of amides is 1. The number of thioether (sulfide) groups is 1. The van der Waals surface area contributed by atoms with Crippen LogP contribution in [0.3, 0.4) is 0 Å². The molecule has 2 rings (SSSR count). The van der Waals surface area contributed by atoms with Crippen LogP contribution in [0.2, 0.25) is 0 Å². The van der Waals surface area contributed by atoms with Crippen LogP contribution in [0, 0.1) is 11.2 Å². The van der Waals surface area contributed by atoms with Crippen molar-refractivity contribution in [1.29, 1.82) is 0 Å². The first-order valence-corrected chi connectivity index (χ1v) is 8.17. The minimum absolute atomic E-state index is 0.0969. The topological polar surface area (TPSA) is 54.9 Å². The molecule has 0 aliphatic rings. The van der Waals surface area contributed by atoms with E-state index in [4.69, 9.17) is 0 Å². The predicted molar refractivity (Wildman–Crippen MR) is 84.0 cm³/mol. The van der Waals surface area contributed by atoms with Crippen LogP contribution >= 0.6 is 23.1 Å². The third-order valence-corrected chi connectivity index (χ3v) is 4.60. The summed E-state index contributed by atoms with van der Waals surface area (Å²) in [5.74, 6) is 0.267. The number of hydrogen-bond donors (Lipinski definition) is 1. The fraction of sp³-hybridized carbons (Fsp3) is 0.357. The number of halogens is 1. The van der Waals surface area contributed by atoms with Crippen LogP contribution in [0.15, 0.2) is 28.6 Å². The first-order valence-electron chi connectivity index (χ1n) is 6.37. The second-order valence-corrected chi connectivity index (χ2v) is 7.70. The molecule has 0 atom stereocenters. The Labute approximate surface area is 131 Å². The van der Waals surface area contributed by atoms with Crippen molar-refractivity contribution in [2.24, 2.45) is 5.41 Å². The van der Waals surface area contributed by atoms with E-state index in [-0.39, 0.29) is 11.7 Å². The van der Waals surface area contributed by atoms with Gasteiger partial charge in [0.05, 0.1) is 0 Å². The molecule has 0 unspecified atom stereocenters. The monoisotopic (exact) mass is 325 g/mol. The first kappa shape index (κ1) is 15.9. The van der Waals surface area contributed by atoms with Gasteiger partial charge < -0.3 is 5.32 Å². The molecule has 0 aliphatic carbocycles. The highest BCUT2D eigenvalue weighted by molar-refractivity contribution is 8.00. The molecule has 1 aromatic carbocycles. The van der Waals surface area contributed by atoms with Gasteiger partial charge in [0, 0.05) is 11.2 Å². The summed E-state index contributed by atoms with van der Waals surface area (Å²) in [5.41, 5.74) is 0.413. The van der Waals surface area contributed by atoms with Gasteiger partial charge in [-0.25, -0.2) is 4.39 Å². The van der Waals surface area contributed by atoms with Crippen molar-refractivity contribution < 1.29 is 9.18 Å². The lowest BCUT2D eigenvalue weighted by molar-refractivity contribution is -0.123. The van der Waals surface area contributed by atoms with E-state index in [1.54, 1.807) is 6.07 Å². The second kappa shape index (κ2) is 6.53. The van der Waals surface area contributed by atoms with Gasteiger partial charge in [0.2, 0.25) is 11.0 Å². The molecule has 0 saturated heterocycles. The zero-order chi connectivity index (χ0) is 15.5. The van der Waals surface area contributed by atoms with Crippen molar-refractivity contribution in [3.8, 4) is 0 Å². The van der Waals surface area contributed by atoms with Gasteiger partial charge in [0.1, 0.15) is 5.82 Å². The number of carbonyl (C=O) groups excluding carboxylic acids is 1. The summed E-state index contributed by atoms with van der Waals surface area (Å²) in [6.07, 6.45) is 0. The van der Waals surface area contributed by atoms with Crippen molar-refractivity contribution in [2.45, 2.75) is 30.9 Å². The van der Waals surface area contributed by atoms with E-state index in [0.717, 1.165) is 9.90 Å². The predicted octanol–water partition coefficient (Wildman–Crippen LogP) is 3.95. The minimum atomic E-state index is -0.472. The van der Waals surface area contributed by atoms with Crippen LogP contribution in [0.5, 0.6) is 0 Å². The van der Waals surface area contributed by atoms with E-state index < -0.39 is 5.41 Å². The summed E-state index contributed by atoms with van der Waals surface area (Å²) in [5, 5.41) is 11.2. The number of anilines is 1. The Morgan fingerprint density at radius 1 is 1.38 bits per heavy atom. The highest BCUT2D eigenvalue weighted by Crippen LogP contribution is 2.29. The molecule has 1 heterocycles. The number of rotatable bonds is 4. The molecule has 4 nitrogen and oxygen atoms in total. The average molecular weight is 325 g/mol. The molecule has 1 N–H and O–H groups in total. The Kier molecular flexibility index (Phi) is 4.95. The molecule has 1 amide bonds. The Morgan fingerprint density at radius 2 is 2.14 bits per heavy atom. The molecule has 21 heavy (non-hydrogen) atoms. The van der Waals surface area contributed by atoms with Gasteiger partial charge >= 0.3 is 0 Å². The molecule has 2 aromatic rings. The molecule has 7 heteroatoms. The maximum Gasteiger partial charge on any atom is 0.231 e. The molecule has 0 saturated carbocycles. The summed E-state index contributed by atoms with van der Waals surface area (Å²) in [6, 6.07) is 6.45. The zero-order valence-electron chi connectivity index (χ0n) is 12.0. The van der Waals surface area contributed by atoms with Crippen molar-refractivity contribution in [1.82, 2.24) is 10.2 Å². The van der Waals surface area contributed by atoms with Gasteiger partial charge in [-0.3, -0.25) is 4.79 Å². The summed E-state index contributed by atoms with van der Waals surface area (Å²) in [6.45, 7) is 5.51. The fourth-order valence-electron chi connectivity index (χ4n) is 1.38. The third kappa shape index (κ3) is 4.78. The number of nitrogens with zero attached hydrogens (tertiary/aromatic N) is 2. The summed E-state index contributed by atoms with van der Waals surface area (Å²) in [7, 11) is 0.